The number of nitrogens with one attached hydrogen (secondary N) is 1. The van der Waals surface area contributed by atoms with Crippen molar-refractivity contribution in [2.24, 2.45) is 5.92 Å². The van der Waals surface area contributed by atoms with Crippen molar-refractivity contribution >= 4 is 5.91 Å². The maximum atomic E-state index is 12.9. The van der Waals surface area contributed by atoms with Crippen molar-refractivity contribution in [3.63, 3.8) is 0 Å². The van der Waals surface area contributed by atoms with Crippen LogP contribution in [0.5, 0.6) is 0 Å². The molecule has 1 unspecified atom stereocenters. The summed E-state index contributed by atoms with van der Waals surface area (Å²) >= 11 is 0. The Morgan fingerprint density at radius 2 is 2.00 bits per heavy atom. The fraction of sp³-hybridized carbons (Fsp3) is 0.545. The Hall–Kier alpha value is -2.18. The summed E-state index contributed by atoms with van der Waals surface area (Å²) in [5, 5.41) is 3.18. The first-order valence-electron chi connectivity index (χ1n) is 10.2. The van der Waals surface area contributed by atoms with E-state index in [1.54, 1.807) is 6.20 Å². The number of morpholine rings is 1. The standard InChI is InChI=1S/C22H32N4O2/c1-16(2)13-19(25-9-11-28-12-10-25)15-24-22(27)20-14-17(3)26(18(20)4)21-7-5-6-8-23-21/h5-8,14,16,19H,9-13,15H2,1-4H3,(H,24,27). The molecule has 6 heteroatoms. The second-order valence-electron chi connectivity index (χ2n) is 7.95. The SMILES string of the molecule is Cc1cc(C(=O)NCC(CC(C)C)N2CCOCC2)c(C)n1-c1ccccn1. The molecule has 3 heterocycles. The number of hydrogen-bond acceptors (Lipinski definition) is 4. The molecule has 0 aliphatic carbocycles. The van der Waals surface area contributed by atoms with Gasteiger partial charge in [-0.25, -0.2) is 4.98 Å². The van der Waals surface area contributed by atoms with Gasteiger partial charge in [0.25, 0.3) is 5.91 Å². The van der Waals surface area contributed by atoms with Crippen LogP contribution in [0, 0.1) is 19.8 Å². The van der Waals surface area contributed by atoms with Gasteiger partial charge in [0.1, 0.15) is 5.82 Å². The maximum Gasteiger partial charge on any atom is 0.253 e. The number of amides is 1. The van der Waals surface area contributed by atoms with E-state index in [0.717, 1.165) is 49.9 Å². The van der Waals surface area contributed by atoms with Gasteiger partial charge in [-0.05, 0) is 44.4 Å². The van der Waals surface area contributed by atoms with Crippen LogP contribution in [-0.4, -0.2) is 59.2 Å². The molecule has 1 amide bonds. The Kier molecular flexibility index (Phi) is 6.86. The van der Waals surface area contributed by atoms with Crippen LogP contribution in [0.4, 0.5) is 0 Å². The molecule has 152 valence electrons. The second kappa shape index (κ2) is 9.34. The molecule has 0 saturated carbocycles. The molecule has 0 spiro atoms. The highest BCUT2D eigenvalue weighted by Gasteiger charge is 2.24. The molecule has 0 radical (unpaired) electrons. The van der Waals surface area contributed by atoms with E-state index in [0.29, 0.717) is 24.1 Å². The molecule has 1 saturated heterocycles. The van der Waals surface area contributed by atoms with Gasteiger partial charge < -0.3 is 14.6 Å². The van der Waals surface area contributed by atoms with Gasteiger partial charge in [-0.1, -0.05) is 19.9 Å². The zero-order valence-electron chi connectivity index (χ0n) is 17.4. The predicted molar refractivity (Wildman–Crippen MR) is 111 cm³/mol. The largest absolute Gasteiger partial charge is 0.379 e. The van der Waals surface area contributed by atoms with E-state index in [9.17, 15) is 4.79 Å². The molecule has 1 N–H and O–H groups in total. The molecule has 1 atom stereocenters. The van der Waals surface area contributed by atoms with E-state index in [4.69, 9.17) is 4.74 Å². The summed E-state index contributed by atoms with van der Waals surface area (Å²) in [6.45, 7) is 12.5. The minimum Gasteiger partial charge on any atom is -0.379 e. The average molecular weight is 385 g/mol. The summed E-state index contributed by atoms with van der Waals surface area (Å²) in [5.41, 5.74) is 2.64. The number of aryl methyl sites for hydroxylation is 1. The Bertz CT molecular complexity index is 779. The van der Waals surface area contributed by atoms with Gasteiger partial charge in [-0.2, -0.15) is 0 Å². The van der Waals surface area contributed by atoms with Gasteiger partial charge in [0.15, 0.2) is 0 Å². The van der Waals surface area contributed by atoms with Crippen molar-refractivity contribution < 1.29 is 9.53 Å². The molecule has 2 aromatic heterocycles. The number of nitrogens with zero attached hydrogens (tertiary/aromatic N) is 3. The summed E-state index contributed by atoms with van der Waals surface area (Å²) in [6, 6.07) is 8.10. The summed E-state index contributed by atoms with van der Waals surface area (Å²) in [7, 11) is 0. The quantitative estimate of drug-likeness (QED) is 0.797. The number of carbonyl (C=O) groups is 1. The first kappa shape index (κ1) is 20.6. The van der Waals surface area contributed by atoms with Crippen molar-refractivity contribution in [3.8, 4) is 5.82 Å². The molecule has 2 aromatic rings. The highest BCUT2D eigenvalue weighted by Crippen LogP contribution is 2.20. The van der Waals surface area contributed by atoms with Crippen LogP contribution < -0.4 is 5.32 Å². The van der Waals surface area contributed by atoms with Gasteiger partial charge in [-0.15, -0.1) is 0 Å². The molecule has 0 bridgehead atoms. The zero-order valence-corrected chi connectivity index (χ0v) is 17.4. The minimum atomic E-state index is -0.0164. The number of ether oxygens (including phenoxy) is 1. The van der Waals surface area contributed by atoms with Crippen LogP contribution in [0.25, 0.3) is 5.82 Å². The van der Waals surface area contributed by atoms with Crippen molar-refractivity contribution in [1.82, 2.24) is 19.8 Å². The van der Waals surface area contributed by atoms with Crippen LogP contribution in [0.1, 0.15) is 42.0 Å². The third-order valence-corrected chi connectivity index (χ3v) is 5.36. The molecule has 1 aliphatic rings. The Morgan fingerprint density at radius 1 is 1.25 bits per heavy atom. The second-order valence-corrected chi connectivity index (χ2v) is 7.95. The number of rotatable bonds is 7. The lowest BCUT2D eigenvalue weighted by molar-refractivity contribution is 0.0124. The first-order valence-corrected chi connectivity index (χ1v) is 10.2. The Balaban J connectivity index is 1.71. The summed E-state index contributed by atoms with van der Waals surface area (Å²) in [4.78, 5) is 19.8. The van der Waals surface area contributed by atoms with E-state index in [2.05, 4.69) is 29.0 Å². The van der Waals surface area contributed by atoms with E-state index < -0.39 is 0 Å². The summed E-state index contributed by atoms with van der Waals surface area (Å²) in [5.74, 6) is 1.40. The van der Waals surface area contributed by atoms with Gasteiger partial charge in [0.2, 0.25) is 0 Å². The van der Waals surface area contributed by atoms with Crippen LogP contribution in [0.2, 0.25) is 0 Å². The van der Waals surface area contributed by atoms with Crippen molar-refractivity contribution in [3.05, 3.63) is 47.4 Å². The molecular formula is C22H32N4O2. The Labute approximate surface area is 167 Å². The summed E-state index contributed by atoms with van der Waals surface area (Å²) < 4.78 is 7.52. The van der Waals surface area contributed by atoms with Gasteiger partial charge in [-0.3, -0.25) is 9.69 Å². The number of aromatic nitrogens is 2. The number of hydrogen-bond donors (Lipinski definition) is 1. The third-order valence-electron chi connectivity index (χ3n) is 5.36. The van der Waals surface area contributed by atoms with Crippen LogP contribution in [-0.2, 0) is 4.74 Å². The lowest BCUT2D eigenvalue weighted by Crippen LogP contribution is -2.49. The predicted octanol–water partition coefficient (Wildman–Crippen LogP) is 2.97. The Morgan fingerprint density at radius 3 is 2.64 bits per heavy atom. The molecule has 28 heavy (non-hydrogen) atoms. The lowest BCUT2D eigenvalue weighted by atomic mass is 10.0. The highest BCUT2D eigenvalue weighted by atomic mass is 16.5. The minimum absolute atomic E-state index is 0.0164. The smallest absolute Gasteiger partial charge is 0.253 e. The molecule has 3 rings (SSSR count). The fourth-order valence-electron chi connectivity index (χ4n) is 3.99. The summed E-state index contributed by atoms with van der Waals surface area (Å²) in [6.07, 6.45) is 2.83. The topological polar surface area (TPSA) is 59.4 Å². The third kappa shape index (κ3) is 4.80. The van der Waals surface area contributed by atoms with E-state index >= 15 is 0 Å². The van der Waals surface area contributed by atoms with E-state index in [1.807, 2.05) is 42.7 Å². The lowest BCUT2D eigenvalue weighted by Gasteiger charge is -2.35. The molecule has 1 fully saturated rings. The molecule has 1 aliphatic heterocycles. The van der Waals surface area contributed by atoms with Gasteiger partial charge in [0.05, 0.1) is 18.8 Å². The monoisotopic (exact) mass is 384 g/mol. The van der Waals surface area contributed by atoms with Crippen molar-refractivity contribution in [2.45, 2.75) is 40.2 Å². The van der Waals surface area contributed by atoms with Crippen LogP contribution in [0.15, 0.2) is 30.5 Å². The fourth-order valence-corrected chi connectivity index (χ4v) is 3.99. The van der Waals surface area contributed by atoms with Crippen LogP contribution >= 0.6 is 0 Å². The average Bonchev–Trinajstić information content (AvgIpc) is 3.00. The maximum absolute atomic E-state index is 12.9. The van der Waals surface area contributed by atoms with Crippen LogP contribution in [0.3, 0.4) is 0 Å². The molecule has 6 nitrogen and oxygen atoms in total. The number of pyridine rings is 1. The molecule has 0 aromatic carbocycles. The van der Waals surface area contributed by atoms with E-state index in [-0.39, 0.29) is 5.91 Å². The first-order chi connectivity index (χ1) is 13.5. The van der Waals surface area contributed by atoms with Gasteiger partial charge in [0, 0.05) is 43.3 Å². The number of carbonyl (C=O) groups excluding carboxylic acids is 1. The normalized spacial score (nSPS) is 16.3. The highest BCUT2D eigenvalue weighted by molar-refractivity contribution is 5.95. The van der Waals surface area contributed by atoms with Crippen molar-refractivity contribution in [2.75, 3.05) is 32.8 Å². The molecular weight excluding hydrogens is 352 g/mol. The zero-order chi connectivity index (χ0) is 20.1. The van der Waals surface area contributed by atoms with Gasteiger partial charge >= 0.3 is 0 Å². The van der Waals surface area contributed by atoms with E-state index in [1.165, 1.54) is 0 Å². The van der Waals surface area contributed by atoms with Crippen molar-refractivity contribution in [1.29, 1.82) is 0 Å².